The van der Waals surface area contributed by atoms with E-state index in [0.717, 1.165) is 24.2 Å². The standard InChI is InChI=1S/C16H22N2O3/c1-4-13-17-14-11(15(20)21)7-6-8-12(14)18(13)16(3,5-2)9-10-19/h6-8,19H,4-5,9-10H2,1-3H3,(H,20,21). The number of fused-ring (bicyclic) bond motifs is 1. The maximum atomic E-state index is 11.4. The summed E-state index contributed by atoms with van der Waals surface area (Å²) in [6.45, 7) is 6.25. The fraction of sp³-hybridized carbons (Fsp3) is 0.500. The summed E-state index contributed by atoms with van der Waals surface area (Å²) in [4.78, 5) is 15.9. The second-order valence-corrected chi connectivity index (χ2v) is 5.52. The number of carboxylic acids is 1. The van der Waals surface area contributed by atoms with Gasteiger partial charge in [-0.25, -0.2) is 9.78 Å². The van der Waals surface area contributed by atoms with E-state index < -0.39 is 5.97 Å². The second kappa shape index (κ2) is 5.85. The lowest BCUT2D eigenvalue weighted by molar-refractivity contribution is 0.0699. The third-order valence-corrected chi connectivity index (χ3v) is 4.25. The molecule has 0 saturated heterocycles. The highest BCUT2D eigenvalue weighted by Gasteiger charge is 2.29. The molecule has 2 rings (SSSR count). The minimum atomic E-state index is -0.965. The Labute approximate surface area is 124 Å². The largest absolute Gasteiger partial charge is 0.478 e. The lowest BCUT2D eigenvalue weighted by Gasteiger charge is -2.32. The van der Waals surface area contributed by atoms with Crippen molar-refractivity contribution in [2.75, 3.05) is 6.61 Å². The molecule has 0 amide bonds. The number of aliphatic hydroxyl groups excluding tert-OH is 1. The van der Waals surface area contributed by atoms with Crippen molar-refractivity contribution in [2.45, 2.75) is 45.6 Å². The van der Waals surface area contributed by atoms with Gasteiger partial charge in [-0.15, -0.1) is 0 Å². The van der Waals surface area contributed by atoms with Crippen molar-refractivity contribution < 1.29 is 15.0 Å². The average molecular weight is 290 g/mol. The molecular weight excluding hydrogens is 268 g/mol. The Kier molecular flexibility index (Phi) is 4.32. The number of hydrogen-bond donors (Lipinski definition) is 2. The summed E-state index contributed by atoms with van der Waals surface area (Å²) in [7, 11) is 0. The maximum absolute atomic E-state index is 11.4. The molecule has 0 radical (unpaired) electrons. The van der Waals surface area contributed by atoms with Gasteiger partial charge in [0.05, 0.1) is 11.1 Å². The van der Waals surface area contributed by atoms with E-state index in [1.807, 2.05) is 13.0 Å². The molecule has 0 aliphatic heterocycles. The van der Waals surface area contributed by atoms with Crippen molar-refractivity contribution in [1.82, 2.24) is 9.55 Å². The molecule has 5 heteroatoms. The van der Waals surface area contributed by atoms with Crippen LogP contribution in [-0.4, -0.2) is 32.3 Å². The molecule has 0 fully saturated rings. The predicted molar refractivity (Wildman–Crippen MR) is 81.7 cm³/mol. The number of carboxylic acid groups (broad SMARTS) is 1. The van der Waals surface area contributed by atoms with E-state index in [9.17, 15) is 15.0 Å². The van der Waals surface area contributed by atoms with Gasteiger partial charge in [0.25, 0.3) is 0 Å². The molecule has 0 bridgehead atoms. The van der Waals surface area contributed by atoms with Crippen molar-refractivity contribution in [3.8, 4) is 0 Å². The number of para-hydroxylation sites is 1. The van der Waals surface area contributed by atoms with E-state index >= 15 is 0 Å². The van der Waals surface area contributed by atoms with Gasteiger partial charge < -0.3 is 14.8 Å². The highest BCUT2D eigenvalue weighted by molar-refractivity contribution is 6.01. The predicted octanol–water partition coefficient (Wildman–Crippen LogP) is 2.80. The molecule has 5 nitrogen and oxygen atoms in total. The highest BCUT2D eigenvalue weighted by atomic mass is 16.4. The summed E-state index contributed by atoms with van der Waals surface area (Å²) in [5.41, 5.74) is 1.30. The van der Waals surface area contributed by atoms with Crippen molar-refractivity contribution in [3.05, 3.63) is 29.6 Å². The fourth-order valence-corrected chi connectivity index (χ4v) is 2.85. The fourth-order valence-electron chi connectivity index (χ4n) is 2.85. The van der Waals surface area contributed by atoms with E-state index in [4.69, 9.17) is 0 Å². The molecule has 0 saturated carbocycles. The number of aromatic nitrogens is 2. The molecule has 0 aliphatic carbocycles. The van der Waals surface area contributed by atoms with Crippen LogP contribution in [-0.2, 0) is 12.0 Å². The van der Waals surface area contributed by atoms with Gasteiger partial charge in [0.2, 0.25) is 0 Å². The van der Waals surface area contributed by atoms with Crippen LogP contribution in [0.2, 0.25) is 0 Å². The van der Waals surface area contributed by atoms with Gasteiger partial charge in [-0.1, -0.05) is 19.9 Å². The minimum Gasteiger partial charge on any atom is -0.478 e. The first-order valence-corrected chi connectivity index (χ1v) is 7.33. The third kappa shape index (κ3) is 2.53. The van der Waals surface area contributed by atoms with Gasteiger partial charge in [-0.2, -0.15) is 0 Å². The molecule has 2 N–H and O–H groups in total. The van der Waals surface area contributed by atoms with E-state index in [0.29, 0.717) is 11.9 Å². The van der Waals surface area contributed by atoms with Gasteiger partial charge in [0.1, 0.15) is 11.3 Å². The summed E-state index contributed by atoms with van der Waals surface area (Å²) >= 11 is 0. The van der Waals surface area contributed by atoms with Crippen LogP contribution in [0.15, 0.2) is 18.2 Å². The number of aromatic carboxylic acids is 1. The Bertz CT molecular complexity index is 663. The van der Waals surface area contributed by atoms with Crippen LogP contribution in [0.3, 0.4) is 0 Å². The summed E-state index contributed by atoms with van der Waals surface area (Å²) in [5.74, 6) is -0.107. The highest BCUT2D eigenvalue weighted by Crippen LogP contribution is 2.32. The normalized spacial score (nSPS) is 14.3. The lowest BCUT2D eigenvalue weighted by Crippen LogP contribution is -2.32. The first kappa shape index (κ1) is 15.5. The van der Waals surface area contributed by atoms with E-state index in [2.05, 4.69) is 23.4 Å². The molecule has 1 heterocycles. The molecule has 0 spiro atoms. The first-order valence-electron chi connectivity index (χ1n) is 7.33. The SMILES string of the molecule is CCc1nc2c(C(=O)O)cccc2n1C(C)(CC)CCO. The lowest BCUT2D eigenvalue weighted by atomic mass is 9.93. The summed E-state index contributed by atoms with van der Waals surface area (Å²) in [6.07, 6.45) is 2.16. The van der Waals surface area contributed by atoms with Gasteiger partial charge in [0, 0.05) is 18.6 Å². The Hall–Kier alpha value is -1.88. The van der Waals surface area contributed by atoms with Gasteiger partial charge in [-0.3, -0.25) is 0 Å². The summed E-state index contributed by atoms with van der Waals surface area (Å²) in [6, 6.07) is 5.23. The Balaban J connectivity index is 2.79. The van der Waals surface area contributed by atoms with Crippen LogP contribution in [0.5, 0.6) is 0 Å². The number of benzene rings is 1. The number of nitrogens with zero attached hydrogens (tertiary/aromatic N) is 2. The smallest absolute Gasteiger partial charge is 0.337 e. The van der Waals surface area contributed by atoms with Crippen LogP contribution < -0.4 is 0 Å². The van der Waals surface area contributed by atoms with Crippen LogP contribution in [0.25, 0.3) is 11.0 Å². The number of hydrogen-bond acceptors (Lipinski definition) is 3. The molecular formula is C16H22N2O3. The Morgan fingerprint density at radius 2 is 2.10 bits per heavy atom. The average Bonchev–Trinajstić information content (AvgIpc) is 2.86. The summed E-state index contributed by atoms with van der Waals surface area (Å²) < 4.78 is 2.10. The van der Waals surface area contributed by atoms with Gasteiger partial charge in [-0.05, 0) is 31.9 Å². The first-order chi connectivity index (χ1) is 9.98. The minimum absolute atomic E-state index is 0.0891. The molecule has 1 atom stereocenters. The summed E-state index contributed by atoms with van der Waals surface area (Å²) in [5, 5.41) is 18.7. The quantitative estimate of drug-likeness (QED) is 0.857. The molecule has 114 valence electrons. The zero-order chi connectivity index (χ0) is 15.6. The second-order valence-electron chi connectivity index (χ2n) is 5.52. The monoisotopic (exact) mass is 290 g/mol. The number of carbonyl (C=O) groups is 1. The van der Waals surface area contributed by atoms with E-state index in [-0.39, 0.29) is 17.7 Å². The Morgan fingerprint density at radius 1 is 1.38 bits per heavy atom. The van der Waals surface area contributed by atoms with Crippen LogP contribution in [0.1, 0.15) is 49.8 Å². The molecule has 0 aliphatic rings. The number of imidazole rings is 1. The van der Waals surface area contributed by atoms with Gasteiger partial charge in [0.15, 0.2) is 0 Å². The third-order valence-electron chi connectivity index (χ3n) is 4.25. The van der Waals surface area contributed by atoms with Crippen LogP contribution in [0, 0.1) is 0 Å². The van der Waals surface area contributed by atoms with Crippen molar-refractivity contribution in [3.63, 3.8) is 0 Å². The molecule has 2 aromatic rings. The van der Waals surface area contributed by atoms with Crippen LogP contribution >= 0.6 is 0 Å². The van der Waals surface area contributed by atoms with E-state index in [1.165, 1.54) is 0 Å². The molecule has 1 aromatic heterocycles. The van der Waals surface area contributed by atoms with Crippen molar-refractivity contribution in [2.24, 2.45) is 0 Å². The number of aryl methyl sites for hydroxylation is 1. The van der Waals surface area contributed by atoms with Gasteiger partial charge >= 0.3 is 5.97 Å². The molecule has 1 unspecified atom stereocenters. The van der Waals surface area contributed by atoms with Crippen LogP contribution in [0.4, 0.5) is 0 Å². The molecule has 21 heavy (non-hydrogen) atoms. The number of aliphatic hydroxyl groups is 1. The molecule has 1 aromatic carbocycles. The number of rotatable bonds is 6. The van der Waals surface area contributed by atoms with Crippen molar-refractivity contribution in [1.29, 1.82) is 0 Å². The maximum Gasteiger partial charge on any atom is 0.337 e. The Morgan fingerprint density at radius 3 is 2.62 bits per heavy atom. The van der Waals surface area contributed by atoms with Crippen molar-refractivity contribution >= 4 is 17.0 Å². The van der Waals surface area contributed by atoms with E-state index in [1.54, 1.807) is 12.1 Å². The topological polar surface area (TPSA) is 75.3 Å². The zero-order valence-electron chi connectivity index (χ0n) is 12.8. The zero-order valence-corrected chi connectivity index (χ0v) is 12.8.